The highest BCUT2D eigenvalue weighted by Crippen LogP contribution is 2.11. The zero-order valence-electron chi connectivity index (χ0n) is 12.3. The van der Waals surface area contributed by atoms with Crippen LogP contribution in [0.2, 0.25) is 0 Å². The molecule has 0 unspecified atom stereocenters. The third-order valence-electron chi connectivity index (χ3n) is 2.96. The van der Waals surface area contributed by atoms with Crippen LogP contribution < -0.4 is 10.2 Å². The van der Waals surface area contributed by atoms with Crippen LogP contribution in [0.15, 0.2) is 59.7 Å². The fourth-order valence-corrected chi connectivity index (χ4v) is 1.83. The zero-order valence-corrected chi connectivity index (χ0v) is 12.3. The molecule has 0 bridgehead atoms. The van der Waals surface area contributed by atoms with Crippen LogP contribution in [0.1, 0.15) is 18.9 Å². The molecule has 114 valence electrons. The number of rotatable bonds is 6. The van der Waals surface area contributed by atoms with E-state index in [0.29, 0.717) is 12.2 Å². The van der Waals surface area contributed by atoms with Crippen LogP contribution in [-0.4, -0.2) is 23.3 Å². The van der Waals surface area contributed by atoms with E-state index in [2.05, 4.69) is 10.5 Å². The van der Waals surface area contributed by atoms with Crippen molar-refractivity contribution < 1.29 is 14.6 Å². The first-order valence-electron chi connectivity index (χ1n) is 7.01. The molecule has 22 heavy (non-hydrogen) atoms. The fourth-order valence-electron chi connectivity index (χ4n) is 1.83. The number of ether oxygens (including phenoxy) is 1. The number of hydrogen-bond donors (Lipinski definition) is 2. The maximum atomic E-state index is 11.7. The number of para-hydroxylation sites is 1. The van der Waals surface area contributed by atoms with Crippen LogP contribution in [-0.2, 0) is 4.79 Å². The Labute approximate surface area is 129 Å². The van der Waals surface area contributed by atoms with Gasteiger partial charge in [0.15, 0.2) is 6.61 Å². The Hall–Kier alpha value is -2.82. The summed E-state index contributed by atoms with van der Waals surface area (Å²) in [5.41, 5.74) is 4.06. The van der Waals surface area contributed by atoms with Crippen molar-refractivity contribution in [2.45, 2.75) is 13.3 Å². The van der Waals surface area contributed by atoms with Crippen LogP contribution in [0.3, 0.4) is 0 Å². The summed E-state index contributed by atoms with van der Waals surface area (Å²) in [6, 6.07) is 15.8. The zero-order chi connectivity index (χ0) is 15.8. The smallest absolute Gasteiger partial charge is 0.277 e. The van der Waals surface area contributed by atoms with Crippen molar-refractivity contribution in [2.75, 3.05) is 6.61 Å². The molecule has 0 spiro atoms. The minimum Gasteiger partial charge on any atom is -0.508 e. The highest BCUT2D eigenvalue weighted by Gasteiger charge is 2.04. The topological polar surface area (TPSA) is 70.9 Å². The van der Waals surface area contributed by atoms with Crippen molar-refractivity contribution in [3.8, 4) is 11.5 Å². The van der Waals surface area contributed by atoms with E-state index in [9.17, 15) is 9.90 Å². The Morgan fingerprint density at radius 3 is 2.45 bits per heavy atom. The third-order valence-corrected chi connectivity index (χ3v) is 2.96. The van der Waals surface area contributed by atoms with Gasteiger partial charge in [0, 0.05) is 0 Å². The summed E-state index contributed by atoms with van der Waals surface area (Å²) in [5, 5.41) is 13.4. The summed E-state index contributed by atoms with van der Waals surface area (Å²) in [6.07, 6.45) is 0.657. The molecule has 0 radical (unpaired) electrons. The predicted molar refractivity (Wildman–Crippen MR) is 85.0 cm³/mol. The van der Waals surface area contributed by atoms with Crippen molar-refractivity contribution in [3.05, 3.63) is 60.2 Å². The normalized spacial score (nSPS) is 11.0. The van der Waals surface area contributed by atoms with E-state index >= 15 is 0 Å². The monoisotopic (exact) mass is 298 g/mol. The standard InChI is InChI=1S/C17H18N2O3/c1-2-16(13-8-10-14(20)11-9-13)18-19-17(21)12-22-15-6-4-3-5-7-15/h3-11,20H,2,12H2,1H3,(H,19,21)/b18-16-. The third kappa shape index (κ3) is 4.63. The summed E-state index contributed by atoms with van der Waals surface area (Å²) < 4.78 is 5.34. The Balaban J connectivity index is 1.91. The van der Waals surface area contributed by atoms with Gasteiger partial charge in [-0.3, -0.25) is 4.79 Å². The van der Waals surface area contributed by atoms with E-state index < -0.39 is 0 Å². The number of nitrogens with one attached hydrogen (secondary N) is 1. The predicted octanol–water partition coefficient (Wildman–Crippen LogP) is 2.70. The Morgan fingerprint density at radius 2 is 1.82 bits per heavy atom. The second kappa shape index (κ2) is 7.83. The summed E-state index contributed by atoms with van der Waals surface area (Å²) in [4.78, 5) is 11.7. The number of phenols is 1. The summed E-state index contributed by atoms with van der Waals surface area (Å²) in [6.45, 7) is 1.85. The molecular weight excluding hydrogens is 280 g/mol. The SMILES string of the molecule is CC/C(=N/NC(=O)COc1ccccc1)c1ccc(O)cc1. The van der Waals surface area contributed by atoms with Crippen LogP contribution in [0.5, 0.6) is 11.5 Å². The molecule has 2 N–H and O–H groups in total. The maximum absolute atomic E-state index is 11.7. The molecule has 5 nitrogen and oxygen atoms in total. The first-order valence-corrected chi connectivity index (χ1v) is 7.01. The second-order valence-corrected chi connectivity index (χ2v) is 4.60. The van der Waals surface area contributed by atoms with E-state index in [0.717, 1.165) is 11.3 Å². The quantitative estimate of drug-likeness (QED) is 0.636. The molecule has 0 aromatic heterocycles. The Kier molecular flexibility index (Phi) is 5.54. The van der Waals surface area contributed by atoms with Gasteiger partial charge in [0.1, 0.15) is 11.5 Å². The van der Waals surface area contributed by atoms with Gasteiger partial charge in [0.05, 0.1) is 5.71 Å². The molecule has 2 aromatic rings. The molecule has 1 amide bonds. The Bertz CT molecular complexity index is 637. The number of nitrogens with zero attached hydrogens (tertiary/aromatic N) is 1. The molecule has 5 heteroatoms. The molecule has 0 saturated carbocycles. The minimum atomic E-state index is -0.325. The number of carbonyl (C=O) groups excluding carboxylic acids is 1. The highest BCUT2D eigenvalue weighted by molar-refractivity contribution is 6.01. The highest BCUT2D eigenvalue weighted by atomic mass is 16.5. The Morgan fingerprint density at radius 1 is 1.14 bits per heavy atom. The van der Waals surface area contributed by atoms with Gasteiger partial charge in [-0.05, 0) is 48.4 Å². The molecule has 0 atom stereocenters. The molecule has 0 aliphatic heterocycles. The number of benzene rings is 2. The molecule has 2 aromatic carbocycles. The van der Waals surface area contributed by atoms with Crippen LogP contribution in [0.25, 0.3) is 0 Å². The van der Waals surface area contributed by atoms with Crippen LogP contribution >= 0.6 is 0 Å². The lowest BCUT2D eigenvalue weighted by Gasteiger charge is -2.07. The van der Waals surface area contributed by atoms with Gasteiger partial charge in [-0.25, -0.2) is 5.43 Å². The van der Waals surface area contributed by atoms with Gasteiger partial charge >= 0.3 is 0 Å². The van der Waals surface area contributed by atoms with E-state index in [-0.39, 0.29) is 18.3 Å². The average Bonchev–Trinajstić information content (AvgIpc) is 2.56. The van der Waals surface area contributed by atoms with Crippen molar-refractivity contribution in [1.29, 1.82) is 0 Å². The van der Waals surface area contributed by atoms with Crippen molar-refractivity contribution in [3.63, 3.8) is 0 Å². The van der Waals surface area contributed by atoms with Gasteiger partial charge in [-0.1, -0.05) is 25.1 Å². The number of carbonyl (C=O) groups is 1. The first-order chi connectivity index (χ1) is 10.7. The number of amides is 1. The van der Waals surface area contributed by atoms with Crippen LogP contribution in [0.4, 0.5) is 0 Å². The number of hydrazone groups is 1. The lowest BCUT2D eigenvalue weighted by Crippen LogP contribution is -2.26. The minimum absolute atomic E-state index is 0.0971. The van der Waals surface area contributed by atoms with Crippen molar-refractivity contribution in [1.82, 2.24) is 5.43 Å². The molecule has 0 aliphatic rings. The maximum Gasteiger partial charge on any atom is 0.277 e. The van der Waals surface area contributed by atoms with Gasteiger partial charge in [0.25, 0.3) is 5.91 Å². The number of aromatic hydroxyl groups is 1. The summed E-state index contributed by atoms with van der Waals surface area (Å²) in [5.74, 6) is 0.504. The lowest BCUT2D eigenvalue weighted by molar-refractivity contribution is -0.123. The van der Waals surface area contributed by atoms with E-state index in [1.807, 2.05) is 25.1 Å². The van der Waals surface area contributed by atoms with E-state index in [1.54, 1.807) is 36.4 Å². The van der Waals surface area contributed by atoms with Gasteiger partial charge < -0.3 is 9.84 Å². The second-order valence-electron chi connectivity index (χ2n) is 4.60. The van der Waals surface area contributed by atoms with Crippen molar-refractivity contribution >= 4 is 11.6 Å². The van der Waals surface area contributed by atoms with E-state index in [1.165, 1.54) is 0 Å². The fraction of sp³-hybridized carbons (Fsp3) is 0.176. The first kappa shape index (κ1) is 15.6. The molecule has 0 saturated heterocycles. The van der Waals surface area contributed by atoms with Crippen molar-refractivity contribution in [2.24, 2.45) is 5.10 Å². The largest absolute Gasteiger partial charge is 0.508 e. The molecule has 2 rings (SSSR count). The van der Waals surface area contributed by atoms with Gasteiger partial charge in [-0.2, -0.15) is 5.10 Å². The molecule has 0 fully saturated rings. The molecule has 0 heterocycles. The van der Waals surface area contributed by atoms with Crippen LogP contribution in [0, 0.1) is 0 Å². The lowest BCUT2D eigenvalue weighted by atomic mass is 10.1. The van der Waals surface area contributed by atoms with E-state index in [4.69, 9.17) is 4.74 Å². The molecular formula is C17H18N2O3. The molecule has 0 aliphatic carbocycles. The summed E-state index contributed by atoms with van der Waals surface area (Å²) in [7, 11) is 0. The van der Waals surface area contributed by atoms with Gasteiger partial charge in [0.2, 0.25) is 0 Å². The average molecular weight is 298 g/mol. The number of phenolic OH excluding ortho intramolecular Hbond substituents is 1. The number of hydrogen-bond acceptors (Lipinski definition) is 4. The van der Waals surface area contributed by atoms with Gasteiger partial charge in [-0.15, -0.1) is 0 Å². The summed E-state index contributed by atoms with van der Waals surface area (Å²) >= 11 is 0.